The van der Waals surface area contributed by atoms with E-state index in [4.69, 9.17) is 4.74 Å². The van der Waals surface area contributed by atoms with E-state index in [1.807, 2.05) is 0 Å². The van der Waals surface area contributed by atoms with Crippen molar-refractivity contribution in [2.24, 2.45) is 0 Å². The number of benzene rings is 1. The fourth-order valence-electron chi connectivity index (χ4n) is 2.03. The highest BCUT2D eigenvalue weighted by Gasteiger charge is 2.26. The van der Waals surface area contributed by atoms with Crippen LogP contribution < -0.4 is 10.3 Å². The van der Waals surface area contributed by atoms with Gasteiger partial charge in [-0.2, -0.15) is 0 Å². The van der Waals surface area contributed by atoms with Gasteiger partial charge < -0.3 is 9.72 Å². The molecule has 0 unspecified atom stereocenters. The molecule has 1 saturated carbocycles. The van der Waals surface area contributed by atoms with Crippen molar-refractivity contribution in [1.29, 1.82) is 0 Å². The summed E-state index contributed by atoms with van der Waals surface area (Å²) >= 11 is 0. The summed E-state index contributed by atoms with van der Waals surface area (Å²) in [5.74, 6) is 0.600. The summed E-state index contributed by atoms with van der Waals surface area (Å²) in [6.07, 6.45) is 2.04. The molecule has 2 aromatic rings. The molecule has 0 spiro atoms. The average molecular weight is 260 g/mol. The second kappa shape index (κ2) is 4.50. The van der Waals surface area contributed by atoms with Gasteiger partial charge in [-0.1, -0.05) is 6.07 Å². The largest absolute Gasteiger partial charge is 0.494 e. The Labute approximate surface area is 109 Å². The second-order valence-electron chi connectivity index (χ2n) is 4.61. The molecule has 19 heavy (non-hydrogen) atoms. The molecule has 1 aliphatic carbocycles. The number of H-pyrrole nitrogens is 1. The highest BCUT2D eigenvalue weighted by Crippen LogP contribution is 2.38. The number of hydrogen-bond donors (Lipinski definition) is 1. The van der Waals surface area contributed by atoms with Gasteiger partial charge in [-0.25, -0.2) is 9.37 Å². The normalized spacial score (nSPS) is 14.4. The molecule has 1 aliphatic rings. The van der Waals surface area contributed by atoms with Crippen LogP contribution in [0.2, 0.25) is 0 Å². The average Bonchev–Trinajstić information content (AvgIpc) is 3.22. The monoisotopic (exact) mass is 260 g/mol. The van der Waals surface area contributed by atoms with E-state index in [1.54, 1.807) is 12.1 Å². The van der Waals surface area contributed by atoms with Crippen LogP contribution in [0, 0.1) is 5.82 Å². The Morgan fingerprint density at radius 3 is 2.89 bits per heavy atom. The highest BCUT2D eigenvalue weighted by atomic mass is 19.1. The van der Waals surface area contributed by atoms with Gasteiger partial charge in [0.1, 0.15) is 5.82 Å². The SMILES string of the molecule is COc1cccc(-c2cc(=O)[nH]c(C3CC3)n2)c1F. The van der Waals surface area contributed by atoms with Gasteiger partial charge in [0, 0.05) is 17.5 Å². The molecular formula is C14H13FN2O2. The Kier molecular flexibility index (Phi) is 2.81. The van der Waals surface area contributed by atoms with Gasteiger partial charge in [-0.05, 0) is 25.0 Å². The third-order valence-corrected chi connectivity index (χ3v) is 3.18. The Morgan fingerprint density at radius 1 is 1.42 bits per heavy atom. The minimum Gasteiger partial charge on any atom is -0.494 e. The summed E-state index contributed by atoms with van der Waals surface area (Å²) in [5.41, 5.74) is 0.378. The van der Waals surface area contributed by atoms with Crippen LogP contribution in [0.5, 0.6) is 5.75 Å². The topological polar surface area (TPSA) is 55.0 Å². The van der Waals surface area contributed by atoms with Crippen molar-refractivity contribution in [2.45, 2.75) is 18.8 Å². The number of nitrogens with one attached hydrogen (secondary N) is 1. The maximum absolute atomic E-state index is 14.2. The number of ether oxygens (including phenoxy) is 1. The van der Waals surface area contributed by atoms with Crippen molar-refractivity contribution in [2.75, 3.05) is 7.11 Å². The molecule has 1 fully saturated rings. The van der Waals surface area contributed by atoms with E-state index in [1.165, 1.54) is 19.2 Å². The van der Waals surface area contributed by atoms with Crippen LogP contribution in [0.1, 0.15) is 24.6 Å². The van der Waals surface area contributed by atoms with Gasteiger partial charge in [0.2, 0.25) is 0 Å². The number of rotatable bonds is 3. The van der Waals surface area contributed by atoms with E-state index < -0.39 is 5.82 Å². The van der Waals surface area contributed by atoms with E-state index >= 15 is 0 Å². The first-order valence-electron chi connectivity index (χ1n) is 6.13. The molecule has 98 valence electrons. The molecule has 0 bridgehead atoms. The molecule has 1 heterocycles. The Hall–Kier alpha value is -2.17. The smallest absolute Gasteiger partial charge is 0.251 e. The van der Waals surface area contributed by atoms with Crippen molar-refractivity contribution in [3.05, 3.63) is 46.3 Å². The molecule has 5 heteroatoms. The minimum atomic E-state index is -0.496. The minimum absolute atomic E-state index is 0.146. The first kappa shape index (κ1) is 11.9. The van der Waals surface area contributed by atoms with Gasteiger partial charge in [-0.3, -0.25) is 4.79 Å². The molecule has 1 aromatic carbocycles. The fraction of sp³-hybridized carbons (Fsp3) is 0.286. The van der Waals surface area contributed by atoms with Crippen molar-refractivity contribution in [3.63, 3.8) is 0 Å². The number of hydrogen-bond acceptors (Lipinski definition) is 3. The number of aromatic amines is 1. The van der Waals surface area contributed by atoms with Gasteiger partial charge in [0.15, 0.2) is 11.6 Å². The number of nitrogens with zero attached hydrogens (tertiary/aromatic N) is 1. The van der Waals surface area contributed by atoms with Crippen molar-refractivity contribution in [3.8, 4) is 17.0 Å². The molecule has 1 aromatic heterocycles. The Bertz CT molecular complexity index is 677. The summed E-state index contributed by atoms with van der Waals surface area (Å²) in [5, 5.41) is 0. The van der Waals surface area contributed by atoms with E-state index in [2.05, 4.69) is 9.97 Å². The molecule has 0 aliphatic heterocycles. The molecule has 0 saturated heterocycles. The maximum atomic E-state index is 14.2. The van der Waals surface area contributed by atoms with Gasteiger partial charge in [-0.15, -0.1) is 0 Å². The fourth-order valence-corrected chi connectivity index (χ4v) is 2.03. The third-order valence-electron chi connectivity index (χ3n) is 3.18. The van der Waals surface area contributed by atoms with Crippen LogP contribution in [0.3, 0.4) is 0 Å². The lowest BCUT2D eigenvalue weighted by molar-refractivity contribution is 0.387. The summed E-state index contributed by atoms with van der Waals surface area (Å²) in [6, 6.07) is 6.12. The maximum Gasteiger partial charge on any atom is 0.251 e. The molecule has 0 radical (unpaired) electrons. The molecule has 1 N–H and O–H groups in total. The van der Waals surface area contributed by atoms with Gasteiger partial charge in [0.25, 0.3) is 5.56 Å². The predicted octanol–water partition coefficient (Wildman–Crippen LogP) is 2.46. The number of methoxy groups -OCH3 is 1. The highest BCUT2D eigenvalue weighted by molar-refractivity contribution is 5.62. The quantitative estimate of drug-likeness (QED) is 0.922. The second-order valence-corrected chi connectivity index (χ2v) is 4.61. The van der Waals surface area contributed by atoms with E-state index in [9.17, 15) is 9.18 Å². The van der Waals surface area contributed by atoms with Crippen molar-refractivity contribution in [1.82, 2.24) is 9.97 Å². The number of aromatic nitrogens is 2. The molecule has 3 rings (SSSR count). The Balaban J connectivity index is 2.13. The van der Waals surface area contributed by atoms with Crippen LogP contribution in [0.4, 0.5) is 4.39 Å². The van der Waals surface area contributed by atoms with E-state index in [0.29, 0.717) is 17.4 Å². The zero-order chi connectivity index (χ0) is 13.4. The van der Waals surface area contributed by atoms with Crippen LogP contribution in [-0.2, 0) is 0 Å². The van der Waals surface area contributed by atoms with E-state index in [0.717, 1.165) is 12.8 Å². The lowest BCUT2D eigenvalue weighted by Gasteiger charge is -2.07. The Morgan fingerprint density at radius 2 is 2.21 bits per heavy atom. The van der Waals surface area contributed by atoms with Crippen LogP contribution in [-0.4, -0.2) is 17.1 Å². The van der Waals surface area contributed by atoms with Gasteiger partial charge >= 0.3 is 0 Å². The summed E-state index contributed by atoms with van der Waals surface area (Å²) in [4.78, 5) is 18.7. The van der Waals surface area contributed by atoms with Crippen LogP contribution >= 0.6 is 0 Å². The standard InChI is InChI=1S/C14H13FN2O2/c1-19-11-4-2-3-9(13(11)15)10-7-12(18)17-14(16-10)8-5-6-8/h2-4,7-8H,5-6H2,1H3,(H,16,17,18). The lowest BCUT2D eigenvalue weighted by atomic mass is 10.1. The number of halogens is 1. The lowest BCUT2D eigenvalue weighted by Crippen LogP contribution is -2.10. The first-order chi connectivity index (χ1) is 9.19. The zero-order valence-corrected chi connectivity index (χ0v) is 10.4. The van der Waals surface area contributed by atoms with Crippen molar-refractivity contribution < 1.29 is 9.13 Å². The van der Waals surface area contributed by atoms with E-state index in [-0.39, 0.29) is 16.9 Å². The summed E-state index contributed by atoms with van der Waals surface area (Å²) in [6.45, 7) is 0. The van der Waals surface area contributed by atoms with Crippen LogP contribution in [0.15, 0.2) is 29.1 Å². The molecular weight excluding hydrogens is 247 g/mol. The zero-order valence-electron chi connectivity index (χ0n) is 10.4. The molecule has 0 atom stereocenters. The van der Waals surface area contributed by atoms with Crippen molar-refractivity contribution >= 4 is 0 Å². The summed E-state index contributed by atoms with van der Waals surface area (Å²) < 4.78 is 19.1. The molecule has 4 nitrogen and oxygen atoms in total. The predicted molar refractivity (Wildman–Crippen MR) is 68.8 cm³/mol. The van der Waals surface area contributed by atoms with Gasteiger partial charge in [0.05, 0.1) is 12.8 Å². The van der Waals surface area contributed by atoms with Crippen LogP contribution in [0.25, 0.3) is 11.3 Å². The third kappa shape index (κ3) is 2.23. The molecule has 0 amide bonds. The first-order valence-corrected chi connectivity index (χ1v) is 6.13. The summed E-state index contributed by atoms with van der Waals surface area (Å²) in [7, 11) is 1.41.